The standard InChI is InChI=1S/C32H38BrN5O4/c1-6-27(28-20-26-19-22(2)35-38(26)31(41)37(28)21-23-11-8-7-9-12-23)36(29(39)24-13-15-25(33)16-14-24)18-10-17-34-30(40)42-32(3,4)5/h7-9,11-16,19-20,27H,6,10,17-18,21H2,1-5H3,(H,34,40). The summed E-state index contributed by atoms with van der Waals surface area (Å²) in [7, 11) is 0. The van der Waals surface area contributed by atoms with Crippen molar-refractivity contribution in [3.05, 3.63) is 104 Å². The van der Waals surface area contributed by atoms with E-state index in [2.05, 4.69) is 26.3 Å². The summed E-state index contributed by atoms with van der Waals surface area (Å²) in [5.41, 5.74) is 2.78. The SMILES string of the molecule is CCC(c1cc2cc(C)nn2c(=O)n1Cc1ccccc1)N(CCCNC(=O)OC(C)(C)C)C(=O)c1ccc(Br)cc1. The van der Waals surface area contributed by atoms with Crippen molar-refractivity contribution in [3.8, 4) is 0 Å². The number of halogens is 1. The Bertz CT molecular complexity index is 1590. The number of hydrogen-bond donors (Lipinski definition) is 1. The van der Waals surface area contributed by atoms with Crippen LogP contribution in [0.2, 0.25) is 0 Å². The lowest BCUT2D eigenvalue weighted by molar-refractivity contribution is 0.0523. The minimum Gasteiger partial charge on any atom is -0.444 e. The molecule has 0 bridgehead atoms. The first-order chi connectivity index (χ1) is 20.0. The summed E-state index contributed by atoms with van der Waals surface area (Å²) in [6.07, 6.45) is 0.562. The predicted octanol–water partition coefficient (Wildman–Crippen LogP) is 6.12. The van der Waals surface area contributed by atoms with Crippen LogP contribution in [0, 0.1) is 6.92 Å². The number of carbonyl (C=O) groups is 2. The van der Waals surface area contributed by atoms with E-state index < -0.39 is 17.7 Å². The molecule has 222 valence electrons. The van der Waals surface area contributed by atoms with Gasteiger partial charge in [0.25, 0.3) is 5.91 Å². The first kappa shape index (κ1) is 31.0. The normalized spacial score (nSPS) is 12.2. The topological polar surface area (TPSA) is 97.9 Å². The zero-order valence-electron chi connectivity index (χ0n) is 24.8. The van der Waals surface area contributed by atoms with Crippen LogP contribution in [-0.4, -0.2) is 49.8 Å². The molecular weight excluding hydrogens is 598 g/mol. The number of carbonyl (C=O) groups excluding carboxylic acids is 2. The summed E-state index contributed by atoms with van der Waals surface area (Å²) >= 11 is 3.45. The Balaban J connectivity index is 1.73. The molecule has 2 heterocycles. The highest BCUT2D eigenvalue weighted by atomic mass is 79.9. The minimum atomic E-state index is -0.603. The first-order valence-electron chi connectivity index (χ1n) is 14.1. The summed E-state index contributed by atoms with van der Waals surface area (Å²) in [5, 5.41) is 7.21. The van der Waals surface area contributed by atoms with E-state index in [1.807, 2.05) is 89.2 Å². The summed E-state index contributed by atoms with van der Waals surface area (Å²) in [6.45, 7) is 10.3. The summed E-state index contributed by atoms with van der Waals surface area (Å²) in [5.74, 6) is -0.158. The highest BCUT2D eigenvalue weighted by molar-refractivity contribution is 9.10. The van der Waals surface area contributed by atoms with Crippen LogP contribution < -0.4 is 11.0 Å². The predicted molar refractivity (Wildman–Crippen MR) is 167 cm³/mol. The van der Waals surface area contributed by atoms with Gasteiger partial charge in [0, 0.05) is 28.8 Å². The molecule has 10 heteroatoms. The van der Waals surface area contributed by atoms with Crippen molar-refractivity contribution in [2.24, 2.45) is 0 Å². The van der Waals surface area contributed by atoms with Crippen LogP contribution in [0.5, 0.6) is 0 Å². The van der Waals surface area contributed by atoms with Gasteiger partial charge in [-0.1, -0.05) is 53.2 Å². The summed E-state index contributed by atoms with van der Waals surface area (Å²) in [4.78, 5) is 41.9. The second-order valence-electron chi connectivity index (χ2n) is 11.3. The van der Waals surface area contributed by atoms with Gasteiger partial charge < -0.3 is 15.0 Å². The van der Waals surface area contributed by atoms with Crippen LogP contribution >= 0.6 is 15.9 Å². The summed E-state index contributed by atoms with van der Waals surface area (Å²) in [6, 6.07) is 20.4. The number of nitrogens with one attached hydrogen (secondary N) is 1. The third-order valence-corrected chi connectivity index (χ3v) is 7.29. The minimum absolute atomic E-state index is 0.158. The average Bonchev–Trinajstić information content (AvgIpc) is 3.32. The molecule has 0 saturated carbocycles. The van der Waals surface area contributed by atoms with Crippen LogP contribution in [-0.2, 0) is 11.3 Å². The van der Waals surface area contributed by atoms with E-state index in [0.29, 0.717) is 43.6 Å². The Labute approximate surface area is 254 Å². The quantitative estimate of drug-likeness (QED) is 0.212. The third-order valence-electron chi connectivity index (χ3n) is 6.76. The zero-order chi connectivity index (χ0) is 30.4. The molecule has 0 spiro atoms. The fourth-order valence-corrected chi connectivity index (χ4v) is 5.20. The van der Waals surface area contributed by atoms with Crippen LogP contribution in [0.1, 0.15) is 73.9 Å². The molecular formula is C32H38BrN5O4. The van der Waals surface area contributed by atoms with Crippen molar-refractivity contribution in [2.45, 2.75) is 65.6 Å². The maximum atomic E-state index is 14.1. The lowest BCUT2D eigenvalue weighted by Gasteiger charge is -2.33. The van der Waals surface area contributed by atoms with Gasteiger partial charge in [-0.2, -0.15) is 9.61 Å². The number of hydrogen-bond acceptors (Lipinski definition) is 5. The van der Waals surface area contributed by atoms with Crippen LogP contribution in [0.3, 0.4) is 0 Å². The van der Waals surface area contributed by atoms with E-state index in [1.165, 1.54) is 4.52 Å². The van der Waals surface area contributed by atoms with Gasteiger partial charge in [-0.3, -0.25) is 9.36 Å². The lowest BCUT2D eigenvalue weighted by atomic mass is 10.0. The molecule has 0 aliphatic carbocycles. The first-order valence-corrected chi connectivity index (χ1v) is 14.9. The van der Waals surface area contributed by atoms with Crippen molar-refractivity contribution in [2.75, 3.05) is 13.1 Å². The van der Waals surface area contributed by atoms with Crippen LogP contribution in [0.15, 0.2) is 76.0 Å². The van der Waals surface area contributed by atoms with E-state index in [1.54, 1.807) is 21.6 Å². The average molecular weight is 637 g/mol. The van der Waals surface area contributed by atoms with E-state index in [4.69, 9.17) is 4.74 Å². The van der Waals surface area contributed by atoms with Gasteiger partial charge >= 0.3 is 11.8 Å². The largest absolute Gasteiger partial charge is 0.444 e. The smallest absolute Gasteiger partial charge is 0.407 e. The third kappa shape index (κ3) is 7.67. The number of benzene rings is 2. The second-order valence-corrected chi connectivity index (χ2v) is 12.2. The number of aryl methyl sites for hydroxylation is 1. The van der Waals surface area contributed by atoms with Crippen molar-refractivity contribution in [3.63, 3.8) is 0 Å². The Kier molecular flexibility index (Phi) is 9.88. The molecule has 1 unspecified atom stereocenters. The van der Waals surface area contributed by atoms with Crippen molar-refractivity contribution in [1.82, 2.24) is 24.4 Å². The van der Waals surface area contributed by atoms with E-state index >= 15 is 0 Å². The van der Waals surface area contributed by atoms with Gasteiger partial charge in [0.05, 0.1) is 23.8 Å². The van der Waals surface area contributed by atoms with E-state index in [9.17, 15) is 14.4 Å². The molecule has 2 aromatic carbocycles. The molecule has 2 aromatic heterocycles. The van der Waals surface area contributed by atoms with Crippen LogP contribution in [0.25, 0.3) is 5.52 Å². The second kappa shape index (κ2) is 13.4. The number of alkyl carbamates (subject to hydrolysis) is 1. The van der Waals surface area contributed by atoms with Crippen molar-refractivity contribution in [1.29, 1.82) is 0 Å². The van der Waals surface area contributed by atoms with Gasteiger partial charge in [0.15, 0.2) is 0 Å². The molecule has 0 aliphatic heterocycles. The van der Waals surface area contributed by atoms with Gasteiger partial charge in [0.1, 0.15) is 5.60 Å². The molecule has 4 aromatic rings. The molecule has 42 heavy (non-hydrogen) atoms. The number of ether oxygens (including phenoxy) is 1. The van der Waals surface area contributed by atoms with Crippen molar-refractivity contribution < 1.29 is 14.3 Å². The summed E-state index contributed by atoms with van der Waals surface area (Å²) < 4.78 is 9.36. The molecule has 2 amide bonds. The van der Waals surface area contributed by atoms with Crippen molar-refractivity contribution >= 4 is 33.4 Å². The van der Waals surface area contributed by atoms with E-state index in [-0.39, 0.29) is 11.6 Å². The van der Waals surface area contributed by atoms with E-state index in [0.717, 1.165) is 21.4 Å². The lowest BCUT2D eigenvalue weighted by Crippen LogP contribution is -2.41. The monoisotopic (exact) mass is 635 g/mol. The Morgan fingerprint density at radius 2 is 1.76 bits per heavy atom. The molecule has 1 atom stereocenters. The number of fused-ring (bicyclic) bond motifs is 1. The fourth-order valence-electron chi connectivity index (χ4n) is 4.93. The Morgan fingerprint density at radius 3 is 2.40 bits per heavy atom. The van der Waals surface area contributed by atoms with Gasteiger partial charge in [0.2, 0.25) is 0 Å². The molecule has 0 radical (unpaired) electrons. The molecule has 4 rings (SSSR count). The van der Waals surface area contributed by atoms with Gasteiger partial charge in [-0.25, -0.2) is 9.59 Å². The highest BCUT2D eigenvalue weighted by Gasteiger charge is 2.28. The molecule has 0 fully saturated rings. The molecule has 1 N–H and O–H groups in total. The highest BCUT2D eigenvalue weighted by Crippen LogP contribution is 2.28. The maximum absolute atomic E-state index is 14.1. The van der Waals surface area contributed by atoms with Gasteiger partial charge in [-0.05, 0) is 82.5 Å². The number of amides is 2. The molecule has 0 saturated heterocycles. The number of aromatic nitrogens is 3. The molecule has 9 nitrogen and oxygen atoms in total. The zero-order valence-corrected chi connectivity index (χ0v) is 26.3. The Hall–Kier alpha value is -3.92. The van der Waals surface area contributed by atoms with Crippen LogP contribution in [0.4, 0.5) is 4.79 Å². The number of nitrogens with zero attached hydrogens (tertiary/aromatic N) is 4. The number of rotatable bonds is 10. The molecule has 0 aliphatic rings. The van der Waals surface area contributed by atoms with Gasteiger partial charge in [-0.15, -0.1) is 0 Å². The maximum Gasteiger partial charge on any atom is 0.407 e. The Morgan fingerprint density at radius 1 is 1.07 bits per heavy atom. The fraction of sp³-hybridized carbons (Fsp3) is 0.375.